The monoisotopic (exact) mass is 204 g/mol. The van der Waals surface area contributed by atoms with Crippen LogP contribution in [-0.2, 0) is 4.79 Å². The summed E-state index contributed by atoms with van der Waals surface area (Å²) in [6.45, 7) is 2.16. The third-order valence-electron chi connectivity index (χ3n) is 3.88. The fraction of sp³-hybridized carbons (Fsp3) is 0.643. The summed E-state index contributed by atoms with van der Waals surface area (Å²) >= 11 is 0. The van der Waals surface area contributed by atoms with E-state index in [1.54, 1.807) is 5.57 Å². The Balaban J connectivity index is 2.21. The van der Waals surface area contributed by atoms with Gasteiger partial charge in [-0.3, -0.25) is 4.79 Å². The topological polar surface area (TPSA) is 17.1 Å². The van der Waals surface area contributed by atoms with Gasteiger partial charge in [0, 0.05) is 5.92 Å². The highest BCUT2D eigenvalue weighted by Crippen LogP contribution is 2.37. The fourth-order valence-electron chi connectivity index (χ4n) is 2.93. The van der Waals surface area contributed by atoms with Crippen molar-refractivity contribution >= 4 is 6.29 Å². The van der Waals surface area contributed by atoms with E-state index in [2.05, 4.69) is 13.0 Å². The van der Waals surface area contributed by atoms with Gasteiger partial charge in [-0.15, -0.1) is 0 Å². The van der Waals surface area contributed by atoms with Crippen molar-refractivity contribution in [3.63, 3.8) is 0 Å². The summed E-state index contributed by atoms with van der Waals surface area (Å²) in [4.78, 5) is 10.9. The Morgan fingerprint density at radius 2 is 2.13 bits per heavy atom. The molecule has 1 nitrogen and oxygen atoms in total. The first kappa shape index (κ1) is 10.7. The van der Waals surface area contributed by atoms with E-state index >= 15 is 0 Å². The summed E-state index contributed by atoms with van der Waals surface area (Å²) in [6, 6.07) is 0. The van der Waals surface area contributed by atoms with Gasteiger partial charge in [-0.25, -0.2) is 0 Å². The molecule has 0 heterocycles. The Kier molecular flexibility index (Phi) is 3.40. The van der Waals surface area contributed by atoms with Crippen molar-refractivity contribution in [1.29, 1.82) is 0 Å². The highest BCUT2D eigenvalue weighted by molar-refractivity contribution is 5.75. The summed E-state index contributed by atoms with van der Waals surface area (Å²) in [6.07, 6.45) is 12.1. The smallest absolute Gasteiger partial charge is 0.145 e. The van der Waals surface area contributed by atoms with Gasteiger partial charge in [0.15, 0.2) is 0 Å². The molecule has 2 rings (SSSR count). The van der Waals surface area contributed by atoms with Gasteiger partial charge in [-0.1, -0.05) is 17.2 Å². The van der Waals surface area contributed by atoms with E-state index in [4.69, 9.17) is 0 Å². The molecular formula is C14H20O. The molecule has 2 aliphatic carbocycles. The molecule has 0 radical (unpaired) electrons. The van der Waals surface area contributed by atoms with Crippen LogP contribution in [0.25, 0.3) is 0 Å². The van der Waals surface area contributed by atoms with Crippen molar-refractivity contribution < 1.29 is 4.79 Å². The number of hydrogen-bond acceptors (Lipinski definition) is 1. The van der Waals surface area contributed by atoms with Crippen molar-refractivity contribution in [3.05, 3.63) is 22.8 Å². The van der Waals surface area contributed by atoms with Crippen LogP contribution in [0.5, 0.6) is 0 Å². The van der Waals surface area contributed by atoms with Crippen LogP contribution in [-0.4, -0.2) is 6.29 Å². The predicted molar refractivity (Wildman–Crippen MR) is 62.7 cm³/mol. The van der Waals surface area contributed by atoms with Crippen molar-refractivity contribution in [2.45, 2.75) is 51.9 Å². The van der Waals surface area contributed by atoms with Gasteiger partial charge in [0.05, 0.1) is 0 Å². The molecule has 0 aliphatic heterocycles. The zero-order valence-corrected chi connectivity index (χ0v) is 9.59. The number of carbonyl (C=O) groups excluding carboxylic acids is 1. The molecule has 0 spiro atoms. The van der Waals surface area contributed by atoms with E-state index in [-0.39, 0.29) is 0 Å². The maximum absolute atomic E-state index is 10.9. The normalized spacial score (nSPS) is 27.5. The molecule has 82 valence electrons. The van der Waals surface area contributed by atoms with E-state index in [0.29, 0.717) is 5.92 Å². The second-order valence-electron chi connectivity index (χ2n) is 4.80. The number of allylic oxidation sites excluding steroid dienone is 4. The van der Waals surface area contributed by atoms with Crippen LogP contribution in [0, 0.1) is 5.92 Å². The minimum Gasteiger partial charge on any atom is -0.298 e. The van der Waals surface area contributed by atoms with Crippen LogP contribution >= 0.6 is 0 Å². The Bertz CT molecular complexity index is 309. The zero-order chi connectivity index (χ0) is 10.7. The number of hydrogen-bond donors (Lipinski definition) is 0. The van der Waals surface area contributed by atoms with E-state index in [9.17, 15) is 4.79 Å². The number of rotatable bonds is 2. The molecule has 1 heteroatoms. The summed E-state index contributed by atoms with van der Waals surface area (Å²) in [5, 5.41) is 0. The van der Waals surface area contributed by atoms with Gasteiger partial charge < -0.3 is 0 Å². The zero-order valence-electron chi connectivity index (χ0n) is 9.59. The minimum absolute atomic E-state index is 0.597. The largest absolute Gasteiger partial charge is 0.298 e. The SMILES string of the molecule is CC1=C(C=O)CCCC1C1=CCCCC1. The number of carbonyl (C=O) groups is 1. The van der Waals surface area contributed by atoms with Crippen LogP contribution in [0.2, 0.25) is 0 Å². The van der Waals surface area contributed by atoms with E-state index < -0.39 is 0 Å². The molecule has 0 amide bonds. The van der Waals surface area contributed by atoms with E-state index in [1.165, 1.54) is 44.1 Å². The first-order valence-corrected chi connectivity index (χ1v) is 6.16. The van der Waals surface area contributed by atoms with Gasteiger partial charge in [-0.05, 0) is 57.4 Å². The molecule has 0 fully saturated rings. The fourth-order valence-corrected chi connectivity index (χ4v) is 2.93. The molecule has 1 unspecified atom stereocenters. The molecule has 0 saturated carbocycles. The molecule has 15 heavy (non-hydrogen) atoms. The summed E-state index contributed by atoms with van der Waals surface area (Å²) in [5.74, 6) is 0.597. The molecule has 1 atom stereocenters. The van der Waals surface area contributed by atoms with Crippen molar-refractivity contribution in [1.82, 2.24) is 0 Å². The average Bonchev–Trinajstić information content (AvgIpc) is 2.30. The minimum atomic E-state index is 0.597. The lowest BCUT2D eigenvalue weighted by atomic mass is 9.76. The standard InChI is InChI=1S/C14H20O/c1-11-13(10-15)8-5-9-14(11)12-6-3-2-4-7-12/h6,10,14H,2-5,7-9H2,1H3. The van der Waals surface area contributed by atoms with Crippen molar-refractivity contribution in [2.75, 3.05) is 0 Å². The van der Waals surface area contributed by atoms with E-state index in [1.807, 2.05) is 0 Å². The Morgan fingerprint density at radius 3 is 2.80 bits per heavy atom. The lowest BCUT2D eigenvalue weighted by Gasteiger charge is -2.28. The molecule has 0 aromatic rings. The maximum Gasteiger partial charge on any atom is 0.145 e. The molecule has 0 aromatic heterocycles. The lowest BCUT2D eigenvalue weighted by Crippen LogP contribution is -2.15. The maximum atomic E-state index is 10.9. The average molecular weight is 204 g/mol. The Hall–Kier alpha value is -0.850. The van der Waals surface area contributed by atoms with Gasteiger partial charge >= 0.3 is 0 Å². The number of aldehydes is 1. The highest BCUT2D eigenvalue weighted by Gasteiger charge is 2.23. The van der Waals surface area contributed by atoms with Crippen LogP contribution in [0.4, 0.5) is 0 Å². The van der Waals surface area contributed by atoms with Crippen LogP contribution in [0.3, 0.4) is 0 Å². The summed E-state index contributed by atoms with van der Waals surface area (Å²) in [7, 11) is 0. The molecule has 0 bridgehead atoms. The first-order valence-electron chi connectivity index (χ1n) is 6.16. The van der Waals surface area contributed by atoms with E-state index in [0.717, 1.165) is 18.3 Å². The van der Waals surface area contributed by atoms with Crippen LogP contribution in [0.1, 0.15) is 51.9 Å². The molecule has 0 saturated heterocycles. The van der Waals surface area contributed by atoms with Gasteiger partial charge in [0.2, 0.25) is 0 Å². The summed E-state index contributed by atoms with van der Waals surface area (Å²) in [5.41, 5.74) is 4.03. The second-order valence-corrected chi connectivity index (χ2v) is 4.80. The van der Waals surface area contributed by atoms with Crippen molar-refractivity contribution in [2.24, 2.45) is 5.92 Å². The van der Waals surface area contributed by atoms with Gasteiger partial charge in [0.1, 0.15) is 6.29 Å². The molecule has 0 N–H and O–H groups in total. The van der Waals surface area contributed by atoms with Crippen LogP contribution in [0.15, 0.2) is 22.8 Å². The second kappa shape index (κ2) is 4.78. The highest BCUT2D eigenvalue weighted by atomic mass is 16.1. The Labute approximate surface area is 92.3 Å². The quantitative estimate of drug-likeness (QED) is 0.494. The van der Waals surface area contributed by atoms with Gasteiger partial charge in [-0.2, -0.15) is 0 Å². The lowest BCUT2D eigenvalue weighted by molar-refractivity contribution is -0.105. The molecule has 2 aliphatic rings. The Morgan fingerprint density at radius 1 is 1.27 bits per heavy atom. The summed E-state index contributed by atoms with van der Waals surface area (Å²) < 4.78 is 0. The molecule has 0 aromatic carbocycles. The van der Waals surface area contributed by atoms with Gasteiger partial charge in [0.25, 0.3) is 0 Å². The third-order valence-corrected chi connectivity index (χ3v) is 3.88. The van der Waals surface area contributed by atoms with Crippen molar-refractivity contribution in [3.8, 4) is 0 Å². The molecular weight excluding hydrogens is 184 g/mol. The predicted octanol–water partition coefficient (Wildman–Crippen LogP) is 3.80. The first-order chi connectivity index (χ1) is 7.33. The third kappa shape index (κ3) is 2.22. The van der Waals surface area contributed by atoms with Crippen LogP contribution < -0.4 is 0 Å².